The van der Waals surface area contributed by atoms with Gasteiger partial charge in [0.05, 0.1) is 22.8 Å². The van der Waals surface area contributed by atoms with Gasteiger partial charge in [-0.1, -0.05) is 30.3 Å². The van der Waals surface area contributed by atoms with Gasteiger partial charge in [-0.3, -0.25) is 4.79 Å². The number of carbonyl (C=O) groups is 1. The van der Waals surface area contributed by atoms with Gasteiger partial charge in [0.1, 0.15) is 5.56 Å². The van der Waals surface area contributed by atoms with Crippen molar-refractivity contribution in [2.24, 2.45) is 0 Å². The molecule has 1 amide bonds. The number of benzene rings is 1. The summed E-state index contributed by atoms with van der Waals surface area (Å²) in [5, 5.41) is 5.68. The summed E-state index contributed by atoms with van der Waals surface area (Å²) >= 11 is 1.29. The minimum absolute atomic E-state index is 0.0781. The highest BCUT2D eigenvalue weighted by Gasteiger charge is 2.38. The maximum Gasteiger partial charge on any atom is 0.433 e. The van der Waals surface area contributed by atoms with Crippen LogP contribution in [0.4, 0.5) is 13.2 Å². The lowest BCUT2D eigenvalue weighted by atomic mass is 9.99. The Balaban J connectivity index is 1.62. The number of hydrogen-bond donors (Lipinski definition) is 0. The molecule has 164 valence electrons. The predicted octanol–water partition coefficient (Wildman–Crippen LogP) is 5.76. The summed E-state index contributed by atoms with van der Waals surface area (Å²) in [5.41, 5.74) is 1.35. The van der Waals surface area contributed by atoms with E-state index in [1.807, 2.05) is 31.2 Å². The van der Waals surface area contributed by atoms with Gasteiger partial charge in [0.2, 0.25) is 0 Å². The lowest BCUT2D eigenvalue weighted by Gasteiger charge is -2.26. The fraction of sp³-hybridized carbons (Fsp3) is 0.261. The van der Waals surface area contributed by atoms with Gasteiger partial charge in [0.25, 0.3) is 5.91 Å². The lowest BCUT2D eigenvalue weighted by Crippen LogP contribution is -2.31. The highest BCUT2D eigenvalue weighted by atomic mass is 32.1. The topological polar surface area (TPSA) is 50.5 Å². The van der Waals surface area contributed by atoms with Crippen LogP contribution in [0.25, 0.3) is 16.2 Å². The molecular formula is C23H19F3N4OS. The summed E-state index contributed by atoms with van der Waals surface area (Å²) in [6, 6.07) is 12.2. The van der Waals surface area contributed by atoms with Gasteiger partial charge in [-0.15, -0.1) is 11.3 Å². The number of thiophene rings is 1. The van der Waals surface area contributed by atoms with Crippen LogP contribution in [0.2, 0.25) is 0 Å². The van der Waals surface area contributed by atoms with Crippen LogP contribution in [0.3, 0.4) is 0 Å². The largest absolute Gasteiger partial charge is 0.433 e. The van der Waals surface area contributed by atoms with Crippen molar-refractivity contribution >= 4 is 22.9 Å². The van der Waals surface area contributed by atoms with Gasteiger partial charge in [0, 0.05) is 6.54 Å². The summed E-state index contributed by atoms with van der Waals surface area (Å²) < 4.78 is 42.1. The third-order valence-corrected chi connectivity index (χ3v) is 6.72. The molecule has 0 spiro atoms. The lowest BCUT2D eigenvalue weighted by molar-refractivity contribution is -0.142. The van der Waals surface area contributed by atoms with Gasteiger partial charge >= 0.3 is 6.18 Å². The highest BCUT2D eigenvalue weighted by Crippen LogP contribution is 2.37. The minimum Gasteiger partial charge on any atom is -0.331 e. The molecule has 1 aliphatic rings. The zero-order valence-electron chi connectivity index (χ0n) is 17.1. The van der Waals surface area contributed by atoms with Crippen molar-refractivity contribution in [2.75, 3.05) is 6.54 Å². The second-order valence-electron chi connectivity index (χ2n) is 7.81. The smallest absolute Gasteiger partial charge is 0.331 e. The molecule has 0 N–H and O–H groups in total. The van der Waals surface area contributed by atoms with Crippen LogP contribution >= 0.6 is 11.3 Å². The van der Waals surface area contributed by atoms with Gasteiger partial charge in [-0.2, -0.15) is 18.3 Å². The molecule has 0 bridgehead atoms. The van der Waals surface area contributed by atoms with Crippen molar-refractivity contribution in [3.05, 3.63) is 76.4 Å². The Morgan fingerprint density at radius 1 is 1.19 bits per heavy atom. The predicted molar refractivity (Wildman–Crippen MR) is 115 cm³/mol. The highest BCUT2D eigenvalue weighted by molar-refractivity contribution is 7.13. The number of aromatic nitrogens is 3. The first kappa shape index (κ1) is 20.7. The van der Waals surface area contributed by atoms with Gasteiger partial charge < -0.3 is 4.90 Å². The quantitative estimate of drug-likeness (QED) is 0.394. The molecule has 0 aliphatic carbocycles. The van der Waals surface area contributed by atoms with E-state index in [1.54, 1.807) is 22.4 Å². The van der Waals surface area contributed by atoms with E-state index in [4.69, 9.17) is 0 Å². The van der Waals surface area contributed by atoms with E-state index in [0.717, 1.165) is 34.6 Å². The summed E-state index contributed by atoms with van der Waals surface area (Å²) in [5.74, 6) is -0.352. The summed E-state index contributed by atoms with van der Waals surface area (Å²) in [7, 11) is 0. The Labute approximate surface area is 186 Å². The van der Waals surface area contributed by atoms with Crippen LogP contribution < -0.4 is 0 Å². The number of hydrogen-bond acceptors (Lipinski definition) is 4. The van der Waals surface area contributed by atoms with Crippen LogP contribution in [0.15, 0.2) is 54.0 Å². The number of aryl methyl sites for hydroxylation is 1. The van der Waals surface area contributed by atoms with Gasteiger partial charge in [-0.05, 0) is 48.4 Å². The van der Waals surface area contributed by atoms with Crippen LogP contribution in [0.1, 0.15) is 46.1 Å². The molecule has 1 fully saturated rings. The third kappa shape index (κ3) is 3.46. The Kier molecular flexibility index (Phi) is 5.00. The zero-order chi connectivity index (χ0) is 22.5. The van der Waals surface area contributed by atoms with E-state index in [9.17, 15) is 18.0 Å². The molecule has 1 aliphatic heterocycles. The van der Waals surface area contributed by atoms with E-state index in [-0.39, 0.29) is 28.9 Å². The number of amides is 1. The molecule has 32 heavy (non-hydrogen) atoms. The fourth-order valence-corrected chi connectivity index (χ4v) is 5.00. The number of carbonyl (C=O) groups excluding carboxylic acids is 1. The number of likely N-dealkylation sites (tertiary alicyclic amines) is 1. The Bertz CT molecular complexity index is 1300. The molecule has 1 aromatic carbocycles. The molecule has 1 atom stereocenters. The van der Waals surface area contributed by atoms with E-state index < -0.39 is 11.9 Å². The average molecular weight is 456 g/mol. The first-order valence-electron chi connectivity index (χ1n) is 10.2. The fourth-order valence-electron chi connectivity index (χ4n) is 4.31. The first-order chi connectivity index (χ1) is 15.3. The Morgan fingerprint density at radius 3 is 2.72 bits per heavy atom. The summed E-state index contributed by atoms with van der Waals surface area (Å²) in [4.78, 5) is 20.3. The minimum atomic E-state index is -4.64. The van der Waals surface area contributed by atoms with Crippen molar-refractivity contribution in [3.8, 4) is 10.6 Å². The maximum absolute atomic E-state index is 13.8. The van der Waals surface area contributed by atoms with Crippen LogP contribution in [0, 0.1) is 6.92 Å². The second-order valence-corrected chi connectivity index (χ2v) is 8.76. The van der Waals surface area contributed by atoms with Crippen LogP contribution in [-0.4, -0.2) is 31.9 Å². The Morgan fingerprint density at radius 2 is 2.00 bits per heavy atom. The molecule has 9 heteroatoms. The number of fused-ring (bicyclic) bond motifs is 1. The number of alkyl halides is 3. The van der Waals surface area contributed by atoms with Crippen LogP contribution in [0.5, 0.6) is 0 Å². The van der Waals surface area contributed by atoms with Crippen molar-refractivity contribution in [1.82, 2.24) is 19.5 Å². The number of nitrogens with zero attached hydrogens (tertiary/aromatic N) is 4. The van der Waals surface area contributed by atoms with Crippen molar-refractivity contribution < 1.29 is 18.0 Å². The molecule has 0 saturated carbocycles. The zero-order valence-corrected chi connectivity index (χ0v) is 18.0. The standard InChI is InChI=1S/C23H19F3N4OS/c1-14-6-2-3-7-15(14)18-8-4-10-29(18)22(31)16-13-27-30-20(23(24,25)26)12-17(28-21(16)30)19-9-5-11-32-19/h2-3,5-7,9,11-13,18H,4,8,10H2,1H3/t18-/m1/s1. The molecular weight excluding hydrogens is 437 g/mol. The average Bonchev–Trinajstić information content (AvgIpc) is 3.52. The van der Waals surface area contributed by atoms with E-state index in [1.165, 1.54) is 17.5 Å². The maximum atomic E-state index is 13.8. The molecule has 0 unspecified atom stereocenters. The SMILES string of the molecule is Cc1ccccc1[C@H]1CCCN1C(=O)c1cnn2c(C(F)(F)F)cc(-c3cccs3)nc12. The summed E-state index contributed by atoms with van der Waals surface area (Å²) in [6.07, 6.45) is -1.81. The Hall–Kier alpha value is -3.20. The van der Waals surface area contributed by atoms with E-state index in [0.29, 0.717) is 11.4 Å². The van der Waals surface area contributed by atoms with Gasteiger partial charge in [-0.25, -0.2) is 9.50 Å². The summed E-state index contributed by atoms with van der Waals surface area (Å²) in [6.45, 7) is 2.53. The molecule has 4 heterocycles. The van der Waals surface area contributed by atoms with E-state index in [2.05, 4.69) is 10.1 Å². The van der Waals surface area contributed by atoms with Crippen LogP contribution in [-0.2, 0) is 6.18 Å². The van der Waals surface area contributed by atoms with Crippen molar-refractivity contribution in [2.45, 2.75) is 32.0 Å². The van der Waals surface area contributed by atoms with E-state index >= 15 is 0 Å². The molecule has 4 aromatic rings. The van der Waals surface area contributed by atoms with Crippen molar-refractivity contribution in [3.63, 3.8) is 0 Å². The molecule has 5 nitrogen and oxygen atoms in total. The monoisotopic (exact) mass is 456 g/mol. The van der Waals surface area contributed by atoms with Gasteiger partial charge in [0.15, 0.2) is 11.3 Å². The third-order valence-electron chi connectivity index (χ3n) is 5.83. The molecule has 5 rings (SSSR count). The molecule has 1 saturated heterocycles. The number of rotatable bonds is 3. The number of halogens is 3. The first-order valence-corrected chi connectivity index (χ1v) is 11.1. The second kappa shape index (κ2) is 7.74. The molecule has 0 radical (unpaired) electrons. The normalized spacial score (nSPS) is 16.8. The van der Waals surface area contributed by atoms with Crippen molar-refractivity contribution in [1.29, 1.82) is 0 Å². The molecule has 3 aromatic heterocycles.